The predicted octanol–water partition coefficient (Wildman–Crippen LogP) is 6.19. The van der Waals surface area contributed by atoms with Crippen LogP contribution >= 0.6 is 0 Å². The number of carboxylic acid groups (broad SMARTS) is 1. The molecular weight excluding hydrogens is 552 g/mol. The maximum Gasteiger partial charge on any atom is 0.407 e. The molecule has 224 valence electrons. The maximum atomic E-state index is 13.5. The van der Waals surface area contributed by atoms with Crippen molar-refractivity contribution in [3.8, 4) is 11.1 Å². The van der Waals surface area contributed by atoms with E-state index in [1.54, 1.807) is 12.1 Å². The number of alkyl carbamates (subject to hydrolysis) is 1. The molecule has 4 rings (SSSR count). The number of aliphatic carboxylic acids is 1. The Morgan fingerprint density at radius 2 is 1.55 bits per heavy atom. The lowest BCUT2D eigenvalue weighted by Crippen LogP contribution is -2.47. The molecule has 3 aromatic rings. The number of hydrogen-bond acceptors (Lipinski definition) is 5. The lowest BCUT2D eigenvalue weighted by atomic mass is 9.98. The van der Waals surface area contributed by atoms with Crippen molar-refractivity contribution in [3.63, 3.8) is 0 Å². The van der Waals surface area contributed by atoms with Crippen molar-refractivity contribution < 1.29 is 27.9 Å². The first-order valence-corrected chi connectivity index (χ1v) is 16.0. The van der Waals surface area contributed by atoms with Gasteiger partial charge in [-0.05, 0) is 66.5 Å². The summed E-state index contributed by atoms with van der Waals surface area (Å²) in [5.74, 6) is -1.23. The molecule has 0 heterocycles. The van der Waals surface area contributed by atoms with Crippen LogP contribution < -0.4 is 5.32 Å². The van der Waals surface area contributed by atoms with E-state index < -0.39 is 28.1 Å². The molecule has 8 nitrogen and oxygen atoms in total. The predicted molar refractivity (Wildman–Crippen MR) is 163 cm³/mol. The molecule has 2 atom stereocenters. The molecule has 3 aromatic carbocycles. The molecular formula is C33H40N2O6S. The van der Waals surface area contributed by atoms with E-state index in [0.717, 1.165) is 38.5 Å². The molecule has 42 heavy (non-hydrogen) atoms. The van der Waals surface area contributed by atoms with Gasteiger partial charge in [-0.15, -0.1) is 0 Å². The second-order valence-electron chi connectivity index (χ2n) is 11.0. The van der Waals surface area contributed by atoms with Crippen molar-refractivity contribution in [3.05, 3.63) is 89.5 Å². The van der Waals surface area contributed by atoms with Gasteiger partial charge in [-0.25, -0.2) is 13.2 Å². The van der Waals surface area contributed by atoms with Gasteiger partial charge in [-0.1, -0.05) is 86.5 Å². The van der Waals surface area contributed by atoms with Crippen molar-refractivity contribution in [1.29, 1.82) is 0 Å². The van der Waals surface area contributed by atoms with Gasteiger partial charge in [0.2, 0.25) is 10.0 Å². The van der Waals surface area contributed by atoms with Crippen LogP contribution in [0.15, 0.2) is 77.7 Å². The summed E-state index contributed by atoms with van der Waals surface area (Å²) in [5.41, 5.74) is 5.49. The molecule has 0 aliphatic heterocycles. The van der Waals surface area contributed by atoms with Crippen LogP contribution in [0.2, 0.25) is 0 Å². The summed E-state index contributed by atoms with van der Waals surface area (Å²) in [6.45, 7) is 6.34. The SMILES string of the molecule is CCC(C)CN([C@@H](CCCCNC(=O)OCC1c2ccccc2-c2ccccc21)C(=O)O)S(=O)(=O)c1ccc(C)cc1. The Bertz CT molecular complexity index is 1440. The lowest BCUT2D eigenvalue weighted by Gasteiger charge is -2.30. The highest BCUT2D eigenvalue weighted by molar-refractivity contribution is 7.89. The van der Waals surface area contributed by atoms with Crippen molar-refractivity contribution in [2.45, 2.75) is 63.3 Å². The van der Waals surface area contributed by atoms with Gasteiger partial charge in [0.05, 0.1) is 4.90 Å². The van der Waals surface area contributed by atoms with Crippen LogP contribution in [0.3, 0.4) is 0 Å². The molecule has 0 bridgehead atoms. The highest BCUT2D eigenvalue weighted by Crippen LogP contribution is 2.44. The van der Waals surface area contributed by atoms with Crippen LogP contribution in [0, 0.1) is 12.8 Å². The molecule has 1 aliphatic carbocycles. The molecule has 0 aromatic heterocycles. The number of amides is 1. The maximum absolute atomic E-state index is 13.5. The Labute approximate surface area is 248 Å². The number of nitrogens with zero attached hydrogens (tertiary/aromatic N) is 1. The highest BCUT2D eigenvalue weighted by atomic mass is 32.2. The van der Waals surface area contributed by atoms with Crippen LogP contribution in [0.1, 0.15) is 62.1 Å². The average molecular weight is 593 g/mol. The molecule has 0 fully saturated rings. The van der Waals surface area contributed by atoms with Crippen molar-refractivity contribution in [2.24, 2.45) is 5.92 Å². The lowest BCUT2D eigenvalue weighted by molar-refractivity contribution is -0.141. The minimum atomic E-state index is -4.02. The first-order valence-electron chi connectivity index (χ1n) is 14.5. The van der Waals surface area contributed by atoms with E-state index in [1.165, 1.54) is 12.1 Å². The zero-order valence-corrected chi connectivity index (χ0v) is 25.3. The molecule has 1 aliphatic rings. The number of benzene rings is 3. The average Bonchev–Trinajstić information content (AvgIpc) is 3.30. The Balaban J connectivity index is 1.31. The molecule has 2 N–H and O–H groups in total. The van der Waals surface area contributed by atoms with E-state index in [2.05, 4.69) is 29.6 Å². The van der Waals surface area contributed by atoms with Gasteiger partial charge in [0.25, 0.3) is 0 Å². The van der Waals surface area contributed by atoms with Crippen LogP contribution in [0.4, 0.5) is 4.79 Å². The van der Waals surface area contributed by atoms with Crippen LogP contribution in [-0.4, -0.2) is 55.6 Å². The van der Waals surface area contributed by atoms with E-state index in [9.17, 15) is 23.1 Å². The third-order valence-corrected chi connectivity index (χ3v) is 9.86. The van der Waals surface area contributed by atoms with Crippen molar-refractivity contribution in [1.82, 2.24) is 9.62 Å². The summed E-state index contributed by atoms with van der Waals surface area (Å²) < 4.78 is 33.8. The van der Waals surface area contributed by atoms with Gasteiger partial charge < -0.3 is 15.2 Å². The van der Waals surface area contributed by atoms with E-state index in [4.69, 9.17) is 4.74 Å². The fourth-order valence-corrected chi connectivity index (χ4v) is 7.10. The third kappa shape index (κ3) is 7.20. The quantitative estimate of drug-likeness (QED) is 0.216. The molecule has 1 amide bonds. The summed E-state index contributed by atoms with van der Waals surface area (Å²) in [6, 6.07) is 21.5. The van der Waals surface area contributed by atoms with Crippen LogP contribution in [0.25, 0.3) is 11.1 Å². The van der Waals surface area contributed by atoms with Gasteiger partial charge in [0.15, 0.2) is 0 Å². The van der Waals surface area contributed by atoms with Crippen molar-refractivity contribution in [2.75, 3.05) is 19.7 Å². The van der Waals surface area contributed by atoms with E-state index in [1.807, 2.05) is 45.0 Å². The van der Waals surface area contributed by atoms with Gasteiger partial charge in [-0.3, -0.25) is 4.79 Å². The minimum Gasteiger partial charge on any atom is -0.480 e. The van der Waals surface area contributed by atoms with Gasteiger partial charge in [0, 0.05) is 19.0 Å². The molecule has 0 radical (unpaired) electrons. The number of fused-ring (bicyclic) bond motifs is 3. The number of rotatable bonds is 14. The van der Waals surface area contributed by atoms with E-state index >= 15 is 0 Å². The summed E-state index contributed by atoms with van der Waals surface area (Å²) in [6.07, 6.45) is 1.21. The number of sulfonamides is 1. The Hall–Kier alpha value is -3.69. The third-order valence-electron chi connectivity index (χ3n) is 7.97. The molecule has 0 saturated heterocycles. The smallest absolute Gasteiger partial charge is 0.407 e. The number of unbranched alkanes of at least 4 members (excludes halogenated alkanes) is 1. The monoisotopic (exact) mass is 592 g/mol. The Morgan fingerprint density at radius 1 is 0.952 bits per heavy atom. The second kappa shape index (κ2) is 14.0. The topological polar surface area (TPSA) is 113 Å². The van der Waals surface area contributed by atoms with E-state index in [-0.39, 0.29) is 36.3 Å². The summed E-state index contributed by atoms with van der Waals surface area (Å²) in [5, 5.41) is 12.8. The highest BCUT2D eigenvalue weighted by Gasteiger charge is 2.36. The number of hydrogen-bond donors (Lipinski definition) is 2. The number of aryl methyl sites for hydroxylation is 1. The fourth-order valence-electron chi connectivity index (χ4n) is 5.37. The molecule has 0 saturated carbocycles. The second-order valence-corrected chi connectivity index (χ2v) is 12.9. The van der Waals surface area contributed by atoms with Gasteiger partial charge in [-0.2, -0.15) is 4.31 Å². The summed E-state index contributed by atoms with van der Waals surface area (Å²) in [7, 11) is -4.02. The fraction of sp³-hybridized carbons (Fsp3) is 0.394. The number of carboxylic acids is 1. The summed E-state index contributed by atoms with van der Waals surface area (Å²) >= 11 is 0. The molecule has 9 heteroatoms. The number of carbonyl (C=O) groups is 2. The van der Waals surface area contributed by atoms with Gasteiger partial charge in [0.1, 0.15) is 12.6 Å². The van der Waals surface area contributed by atoms with Gasteiger partial charge >= 0.3 is 12.1 Å². The Kier molecular flexibility index (Phi) is 10.4. The van der Waals surface area contributed by atoms with Crippen LogP contribution in [-0.2, 0) is 19.6 Å². The largest absolute Gasteiger partial charge is 0.480 e. The first-order chi connectivity index (χ1) is 20.1. The number of nitrogens with one attached hydrogen (secondary N) is 1. The normalized spacial score (nSPS) is 14.2. The molecule has 0 spiro atoms. The molecule has 1 unspecified atom stereocenters. The van der Waals surface area contributed by atoms with Crippen LogP contribution in [0.5, 0.6) is 0 Å². The first kappa shape index (κ1) is 31.3. The minimum absolute atomic E-state index is 0.0118. The standard InChI is InChI=1S/C33H40N2O6S/c1-4-23(2)21-35(42(39,40)25-18-16-24(3)17-19-25)31(32(36)37)15-9-10-20-34-33(38)41-22-30-28-13-7-5-11-26(28)27-12-6-8-14-29(27)30/h5-8,11-14,16-19,23,30-31H,4,9-10,15,20-22H2,1-3H3,(H,34,38)(H,36,37)/t23?,31-/m0/s1. The van der Waals surface area contributed by atoms with E-state index in [0.29, 0.717) is 19.4 Å². The van der Waals surface area contributed by atoms with Crippen molar-refractivity contribution >= 4 is 22.1 Å². The summed E-state index contributed by atoms with van der Waals surface area (Å²) in [4.78, 5) is 24.9. The number of ether oxygens (including phenoxy) is 1. The number of carbonyl (C=O) groups excluding carboxylic acids is 1. The Morgan fingerprint density at radius 3 is 2.12 bits per heavy atom. The zero-order valence-electron chi connectivity index (χ0n) is 24.5. The zero-order chi connectivity index (χ0) is 30.3.